The maximum absolute atomic E-state index is 11.9. The molecule has 0 aliphatic carbocycles. The summed E-state index contributed by atoms with van der Waals surface area (Å²) < 4.78 is 5.43. The highest BCUT2D eigenvalue weighted by Crippen LogP contribution is 2.15. The van der Waals surface area contributed by atoms with E-state index in [1.165, 1.54) is 167 Å². The van der Waals surface area contributed by atoms with Crippen LogP contribution in [0.1, 0.15) is 219 Å². The maximum atomic E-state index is 11.9. The van der Waals surface area contributed by atoms with Crippen molar-refractivity contribution in [3.8, 4) is 0 Å². The number of esters is 1. The molecule has 0 rings (SSSR count). The minimum absolute atomic E-state index is 0.00517. The largest absolute Gasteiger partial charge is 0.466 e. The number of ether oxygens (including phenoxy) is 1. The van der Waals surface area contributed by atoms with Gasteiger partial charge in [0, 0.05) is 6.42 Å². The predicted octanol–water partition coefficient (Wildman–Crippen LogP) is 14.2. The summed E-state index contributed by atoms with van der Waals surface area (Å²) >= 11 is 0. The zero-order valence-corrected chi connectivity index (χ0v) is 29.0. The van der Waals surface area contributed by atoms with Crippen LogP contribution in [-0.4, -0.2) is 12.6 Å². The lowest BCUT2D eigenvalue weighted by atomic mass is 10.0. The number of hydrogen-bond acceptors (Lipinski definition) is 2. The smallest absolute Gasteiger partial charge is 0.305 e. The summed E-state index contributed by atoms with van der Waals surface area (Å²) in [6.07, 6.45) is 51.1. The first-order valence-electron chi connectivity index (χ1n) is 19.3. The molecule has 0 fully saturated rings. The molecule has 0 radical (unpaired) electrons. The monoisotopic (exact) mass is 589 g/mol. The van der Waals surface area contributed by atoms with Crippen LogP contribution in [0.3, 0.4) is 0 Å². The predicted molar refractivity (Wildman–Crippen MR) is 188 cm³/mol. The van der Waals surface area contributed by atoms with Gasteiger partial charge in [-0.25, -0.2) is 0 Å². The van der Waals surface area contributed by atoms with E-state index < -0.39 is 0 Å². The van der Waals surface area contributed by atoms with E-state index in [0.717, 1.165) is 32.1 Å². The van der Waals surface area contributed by atoms with Crippen molar-refractivity contribution in [1.82, 2.24) is 0 Å². The van der Waals surface area contributed by atoms with Gasteiger partial charge in [-0.3, -0.25) is 4.79 Å². The third kappa shape index (κ3) is 37.0. The zero-order chi connectivity index (χ0) is 30.4. The van der Waals surface area contributed by atoms with Crippen LogP contribution in [0.2, 0.25) is 0 Å². The van der Waals surface area contributed by atoms with Crippen LogP contribution >= 0.6 is 0 Å². The first-order valence-corrected chi connectivity index (χ1v) is 19.3. The molecule has 0 saturated carbocycles. The van der Waals surface area contributed by atoms with Crippen LogP contribution in [0.5, 0.6) is 0 Å². The number of hydrogen-bond donors (Lipinski definition) is 0. The number of carbonyl (C=O) groups excluding carboxylic acids is 1. The van der Waals surface area contributed by atoms with Crippen LogP contribution in [0.15, 0.2) is 24.3 Å². The van der Waals surface area contributed by atoms with Crippen LogP contribution in [0.4, 0.5) is 0 Å². The fourth-order valence-electron chi connectivity index (χ4n) is 5.70. The Morgan fingerprint density at radius 3 is 1.14 bits per heavy atom. The highest BCUT2D eigenvalue weighted by molar-refractivity contribution is 5.69. The van der Waals surface area contributed by atoms with Crippen molar-refractivity contribution in [2.75, 3.05) is 6.61 Å². The van der Waals surface area contributed by atoms with Crippen LogP contribution in [0.25, 0.3) is 0 Å². The molecule has 0 bridgehead atoms. The molecule has 2 nitrogen and oxygen atoms in total. The molecule has 0 heterocycles. The molecule has 0 aromatic carbocycles. The molecule has 0 spiro atoms. The van der Waals surface area contributed by atoms with Gasteiger partial charge in [0.05, 0.1) is 6.61 Å². The number of carbonyl (C=O) groups is 1. The van der Waals surface area contributed by atoms with Crippen molar-refractivity contribution >= 4 is 5.97 Å². The lowest BCUT2D eigenvalue weighted by Crippen LogP contribution is -2.05. The summed E-state index contributed by atoms with van der Waals surface area (Å²) in [5.74, 6) is -0.00517. The Bertz CT molecular complexity index is 564. The first kappa shape index (κ1) is 41.0. The number of rotatable bonds is 35. The highest BCUT2D eigenvalue weighted by atomic mass is 16.5. The third-order valence-corrected chi connectivity index (χ3v) is 8.59. The van der Waals surface area contributed by atoms with E-state index in [0.29, 0.717) is 13.0 Å². The summed E-state index contributed by atoms with van der Waals surface area (Å²) in [4.78, 5) is 11.9. The van der Waals surface area contributed by atoms with E-state index in [1.54, 1.807) is 0 Å². The average molecular weight is 589 g/mol. The fourth-order valence-corrected chi connectivity index (χ4v) is 5.70. The average Bonchev–Trinajstić information content (AvgIpc) is 3.00. The molecule has 0 aromatic heterocycles. The Labute approximate surface area is 265 Å². The summed E-state index contributed by atoms with van der Waals surface area (Å²) in [6, 6.07) is 0. The van der Waals surface area contributed by atoms with Crippen molar-refractivity contribution in [2.24, 2.45) is 0 Å². The van der Waals surface area contributed by atoms with Gasteiger partial charge in [0.1, 0.15) is 0 Å². The quantitative estimate of drug-likeness (QED) is 0.0418. The van der Waals surface area contributed by atoms with Gasteiger partial charge in [-0.2, -0.15) is 0 Å². The second-order valence-corrected chi connectivity index (χ2v) is 12.9. The van der Waals surface area contributed by atoms with Crippen LogP contribution < -0.4 is 0 Å². The zero-order valence-electron chi connectivity index (χ0n) is 29.0. The molecule has 248 valence electrons. The van der Waals surface area contributed by atoms with Crippen LogP contribution in [0, 0.1) is 0 Å². The van der Waals surface area contributed by atoms with Gasteiger partial charge in [-0.1, -0.05) is 192 Å². The summed E-state index contributed by atoms with van der Waals surface area (Å²) in [5.41, 5.74) is 0. The van der Waals surface area contributed by atoms with Crippen molar-refractivity contribution in [1.29, 1.82) is 0 Å². The second kappa shape index (κ2) is 38.0. The molecular weight excluding hydrogens is 512 g/mol. The molecule has 42 heavy (non-hydrogen) atoms. The number of allylic oxidation sites excluding steroid dienone is 4. The molecule has 0 N–H and O–H groups in total. The summed E-state index contributed by atoms with van der Waals surface area (Å²) in [5, 5.41) is 0. The summed E-state index contributed by atoms with van der Waals surface area (Å²) in [7, 11) is 0. The number of unbranched alkanes of at least 4 members (excludes halogenated alkanes) is 27. The van der Waals surface area contributed by atoms with Crippen molar-refractivity contribution < 1.29 is 9.53 Å². The molecule has 0 aliphatic heterocycles. The molecule has 0 atom stereocenters. The lowest BCUT2D eigenvalue weighted by Gasteiger charge is -2.05. The maximum Gasteiger partial charge on any atom is 0.305 e. The van der Waals surface area contributed by atoms with Gasteiger partial charge in [0.2, 0.25) is 0 Å². The van der Waals surface area contributed by atoms with E-state index in [2.05, 4.69) is 38.2 Å². The molecule has 0 amide bonds. The van der Waals surface area contributed by atoms with Gasteiger partial charge in [-0.15, -0.1) is 0 Å². The van der Waals surface area contributed by atoms with Gasteiger partial charge < -0.3 is 4.74 Å². The highest BCUT2D eigenvalue weighted by Gasteiger charge is 2.02. The minimum Gasteiger partial charge on any atom is -0.466 e. The van der Waals surface area contributed by atoms with E-state index in [4.69, 9.17) is 4.74 Å². The van der Waals surface area contributed by atoms with Gasteiger partial charge in [-0.05, 0) is 44.9 Å². The standard InChI is InChI=1S/C40H76O2/c1-3-5-7-9-11-13-15-17-19-20-21-22-23-25-27-29-31-33-35-37-39-42-40(41)38-36-34-32-30-28-26-24-18-16-14-12-10-8-6-4-2/h18,24,28,30H,3-17,19-23,25-27,29,31-39H2,1-2H3. The second-order valence-electron chi connectivity index (χ2n) is 12.9. The molecular formula is C40H76O2. The Hall–Kier alpha value is -1.05. The normalized spacial score (nSPS) is 11.8. The lowest BCUT2D eigenvalue weighted by molar-refractivity contribution is -0.143. The Morgan fingerprint density at radius 2 is 0.738 bits per heavy atom. The molecule has 0 aliphatic rings. The SMILES string of the molecule is CCCCCCCCC=CCC=CCCCCC(=O)OCCCCCCCCCCCCCCCCCCCCCC. The van der Waals surface area contributed by atoms with Gasteiger partial charge >= 0.3 is 5.97 Å². The van der Waals surface area contributed by atoms with Gasteiger partial charge in [0.15, 0.2) is 0 Å². The van der Waals surface area contributed by atoms with E-state index in [9.17, 15) is 4.79 Å². The topological polar surface area (TPSA) is 26.3 Å². The Balaban J connectivity index is 3.22. The minimum atomic E-state index is -0.00517. The Morgan fingerprint density at radius 1 is 0.405 bits per heavy atom. The van der Waals surface area contributed by atoms with Crippen LogP contribution in [-0.2, 0) is 9.53 Å². The van der Waals surface area contributed by atoms with Crippen molar-refractivity contribution in [3.05, 3.63) is 24.3 Å². The Kier molecular flexibility index (Phi) is 37.0. The van der Waals surface area contributed by atoms with Crippen molar-refractivity contribution in [3.63, 3.8) is 0 Å². The molecule has 0 aromatic rings. The summed E-state index contributed by atoms with van der Waals surface area (Å²) in [6.45, 7) is 5.18. The molecule has 0 saturated heterocycles. The van der Waals surface area contributed by atoms with Crippen molar-refractivity contribution in [2.45, 2.75) is 219 Å². The molecule has 2 heteroatoms. The van der Waals surface area contributed by atoms with E-state index in [1.807, 2.05) is 0 Å². The van der Waals surface area contributed by atoms with E-state index in [-0.39, 0.29) is 5.97 Å². The fraction of sp³-hybridized carbons (Fsp3) is 0.875. The first-order chi connectivity index (χ1) is 20.8. The molecule has 0 unspecified atom stereocenters. The van der Waals surface area contributed by atoms with Gasteiger partial charge in [0.25, 0.3) is 0 Å². The third-order valence-electron chi connectivity index (χ3n) is 8.59. The van der Waals surface area contributed by atoms with E-state index >= 15 is 0 Å².